The SMILES string of the molecule is CCCN1CCC2(CC1)CN(C(=O)c1ccc(-c3cnco3)cc1)CCO2. The molecule has 0 unspecified atom stereocenters. The summed E-state index contributed by atoms with van der Waals surface area (Å²) < 4.78 is 11.5. The van der Waals surface area contributed by atoms with E-state index in [2.05, 4.69) is 16.8 Å². The first-order valence-corrected chi connectivity index (χ1v) is 9.84. The molecule has 4 rings (SSSR count). The minimum absolute atomic E-state index is 0.0813. The van der Waals surface area contributed by atoms with E-state index in [0.717, 1.165) is 38.0 Å². The molecule has 2 fully saturated rings. The smallest absolute Gasteiger partial charge is 0.254 e. The summed E-state index contributed by atoms with van der Waals surface area (Å²) in [5, 5.41) is 0. The van der Waals surface area contributed by atoms with Gasteiger partial charge in [-0.05, 0) is 37.9 Å². The molecule has 0 radical (unpaired) electrons. The van der Waals surface area contributed by atoms with E-state index in [1.807, 2.05) is 29.2 Å². The topological polar surface area (TPSA) is 58.8 Å². The predicted octanol–water partition coefficient (Wildman–Crippen LogP) is 3.06. The van der Waals surface area contributed by atoms with Crippen molar-refractivity contribution in [2.45, 2.75) is 31.8 Å². The second kappa shape index (κ2) is 7.82. The molecule has 0 N–H and O–H groups in total. The highest BCUT2D eigenvalue weighted by atomic mass is 16.5. The van der Waals surface area contributed by atoms with Crippen LogP contribution in [-0.2, 0) is 4.74 Å². The van der Waals surface area contributed by atoms with Crippen molar-refractivity contribution in [1.82, 2.24) is 14.8 Å². The Bertz CT molecular complexity index is 749. The molecule has 6 nitrogen and oxygen atoms in total. The molecule has 1 spiro atoms. The van der Waals surface area contributed by atoms with Crippen LogP contribution in [0.4, 0.5) is 0 Å². The maximum Gasteiger partial charge on any atom is 0.254 e. The van der Waals surface area contributed by atoms with Crippen molar-refractivity contribution in [3.8, 4) is 11.3 Å². The van der Waals surface area contributed by atoms with Crippen molar-refractivity contribution in [3.63, 3.8) is 0 Å². The Morgan fingerprint density at radius 2 is 1.96 bits per heavy atom. The molecule has 0 bridgehead atoms. The first-order chi connectivity index (χ1) is 13.2. The van der Waals surface area contributed by atoms with Gasteiger partial charge in [-0.25, -0.2) is 4.98 Å². The number of ether oxygens (including phenoxy) is 1. The molecule has 2 aromatic rings. The molecular formula is C21H27N3O3. The number of carbonyl (C=O) groups is 1. The fourth-order valence-corrected chi connectivity index (χ4v) is 4.14. The summed E-state index contributed by atoms with van der Waals surface area (Å²) >= 11 is 0. The highest BCUT2D eigenvalue weighted by Gasteiger charge is 2.40. The van der Waals surface area contributed by atoms with Crippen molar-refractivity contribution in [1.29, 1.82) is 0 Å². The molecule has 0 aliphatic carbocycles. The van der Waals surface area contributed by atoms with E-state index in [-0.39, 0.29) is 11.5 Å². The Hall–Kier alpha value is -2.18. The van der Waals surface area contributed by atoms with Crippen molar-refractivity contribution in [3.05, 3.63) is 42.4 Å². The monoisotopic (exact) mass is 369 g/mol. The number of rotatable bonds is 4. The summed E-state index contributed by atoms with van der Waals surface area (Å²) in [5.74, 6) is 0.788. The number of amides is 1. The highest BCUT2D eigenvalue weighted by molar-refractivity contribution is 5.94. The lowest BCUT2D eigenvalue weighted by Gasteiger charge is -2.47. The molecule has 144 valence electrons. The van der Waals surface area contributed by atoms with Crippen molar-refractivity contribution < 1.29 is 13.9 Å². The van der Waals surface area contributed by atoms with Gasteiger partial charge in [0.15, 0.2) is 12.2 Å². The Kier molecular flexibility index (Phi) is 5.27. The number of likely N-dealkylation sites (tertiary alicyclic amines) is 1. The van der Waals surface area contributed by atoms with Gasteiger partial charge in [0.05, 0.1) is 24.9 Å². The zero-order valence-corrected chi connectivity index (χ0v) is 15.9. The van der Waals surface area contributed by atoms with E-state index in [9.17, 15) is 4.79 Å². The fraction of sp³-hybridized carbons (Fsp3) is 0.524. The Morgan fingerprint density at radius 3 is 2.63 bits per heavy atom. The number of hydrogen-bond acceptors (Lipinski definition) is 5. The molecule has 3 heterocycles. The molecule has 2 aliphatic heterocycles. The average Bonchev–Trinajstić information content (AvgIpc) is 3.25. The Balaban J connectivity index is 1.41. The van der Waals surface area contributed by atoms with Crippen LogP contribution < -0.4 is 0 Å². The molecule has 27 heavy (non-hydrogen) atoms. The molecular weight excluding hydrogens is 342 g/mol. The normalized spacial score (nSPS) is 20.1. The third kappa shape index (κ3) is 3.92. The zero-order valence-electron chi connectivity index (χ0n) is 15.9. The summed E-state index contributed by atoms with van der Waals surface area (Å²) in [4.78, 5) is 21.4. The number of nitrogens with zero attached hydrogens (tertiary/aromatic N) is 3. The van der Waals surface area contributed by atoms with Crippen LogP contribution in [0.3, 0.4) is 0 Å². The van der Waals surface area contributed by atoms with Gasteiger partial charge in [-0.1, -0.05) is 19.1 Å². The molecule has 1 aromatic carbocycles. The fourth-order valence-electron chi connectivity index (χ4n) is 4.14. The minimum Gasteiger partial charge on any atom is -0.444 e. The summed E-state index contributed by atoms with van der Waals surface area (Å²) in [6, 6.07) is 7.55. The molecule has 2 aliphatic rings. The molecule has 1 amide bonds. The van der Waals surface area contributed by atoms with Gasteiger partial charge < -0.3 is 19.0 Å². The number of aromatic nitrogens is 1. The number of benzene rings is 1. The van der Waals surface area contributed by atoms with Crippen LogP contribution in [0, 0.1) is 0 Å². The second-order valence-electron chi connectivity index (χ2n) is 7.54. The molecule has 6 heteroatoms. The van der Waals surface area contributed by atoms with E-state index in [1.165, 1.54) is 12.8 Å². The lowest BCUT2D eigenvalue weighted by Crippen LogP contribution is -2.58. The lowest BCUT2D eigenvalue weighted by atomic mass is 9.89. The van der Waals surface area contributed by atoms with Gasteiger partial charge >= 0.3 is 0 Å². The number of morpholine rings is 1. The van der Waals surface area contributed by atoms with Gasteiger partial charge in [0.2, 0.25) is 0 Å². The van der Waals surface area contributed by atoms with E-state index in [0.29, 0.717) is 31.0 Å². The third-order valence-electron chi connectivity index (χ3n) is 5.69. The Labute approximate surface area is 160 Å². The third-order valence-corrected chi connectivity index (χ3v) is 5.69. The van der Waals surface area contributed by atoms with Crippen LogP contribution in [0.15, 0.2) is 41.3 Å². The van der Waals surface area contributed by atoms with Gasteiger partial charge in [-0.15, -0.1) is 0 Å². The van der Waals surface area contributed by atoms with Gasteiger partial charge in [-0.2, -0.15) is 0 Å². The number of oxazole rings is 1. The van der Waals surface area contributed by atoms with Crippen molar-refractivity contribution in [2.75, 3.05) is 39.3 Å². The Morgan fingerprint density at radius 1 is 1.19 bits per heavy atom. The van der Waals surface area contributed by atoms with E-state index < -0.39 is 0 Å². The van der Waals surface area contributed by atoms with E-state index in [4.69, 9.17) is 9.15 Å². The average molecular weight is 369 g/mol. The van der Waals surface area contributed by atoms with Crippen LogP contribution in [0.5, 0.6) is 0 Å². The maximum atomic E-state index is 13.0. The van der Waals surface area contributed by atoms with Crippen LogP contribution in [-0.4, -0.2) is 65.6 Å². The van der Waals surface area contributed by atoms with Gasteiger partial charge in [0.1, 0.15) is 0 Å². The number of piperidine rings is 1. The minimum atomic E-state index is -0.169. The summed E-state index contributed by atoms with van der Waals surface area (Å²) in [6.45, 7) is 7.45. The predicted molar refractivity (Wildman–Crippen MR) is 102 cm³/mol. The van der Waals surface area contributed by atoms with Gasteiger partial charge in [0, 0.05) is 30.8 Å². The van der Waals surface area contributed by atoms with Crippen LogP contribution in [0.1, 0.15) is 36.5 Å². The lowest BCUT2D eigenvalue weighted by molar-refractivity contribution is -0.127. The van der Waals surface area contributed by atoms with Crippen LogP contribution in [0.2, 0.25) is 0 Å². The summed E-state index contributed by atoms with van der Waals surface area (Å²) in [6.07, 6.45) is 6.27. The quantitative estimate of drug-likeness (QED) is 0.829. The van der Waals surface area contributed by atoms with E-state index >= 15 is 0 Å². The highest BCUT2D eigenvalue weighted by Crippen LogP contribution is 2.31. The maximum absolute atomic E-state index is 13.0. The largest absolute Gasteiger partial charge is 0.444 e. The first-order valence-electron chi connectivity index (χ1n) is 9.84. The summed E-state index contributed by atoms with van der Waals surface area (Å²) in [7, 11) is 0. The molecule has 0 atom stereocenters. The van der Waals surface area contributed by atoms with Crippen LogP contribution in [0.25, 0.3) is 11.3 Å². The van der Waals surface area contributed by atoms with Crippen LogP contribution >= 0.6 is 0 Å². The molecule has 2 saturated heterocycles. The molecule has 0 saturated carbocycles. The zero-order chi connectivity index (χ0) is 18.7. The number of carbonyl (C=O) groups excluding carboxylic acids is 1. The van der Waals surface area contributed by atoms with E-state index in [1.54, 1.807) is 6.20 Å². The number of hydrogen-bond donors (Lipinski definition) is 0. The standard InChI is InChI=1S/C21H27N3O3/c1-2-9-23-10-7-21(8-11-23)15-24(12-13-27-21)20(25)18-5-3-17(4-6-18)19-14-22-16-26-19/h3-6,14,16H,2,7-13,15H2,1H3. The first kappa shape index (κ1) is 18.2. The van der Waals surface area contributed by atoms with Crippen molar-refractivity contribution in [2.24, 2.45) is 0 Å². The summed E-state index contributed by atoms with van der Waals surface area (Å²) in [5.41, 5.74) is 1.46. The van der Waals surface area contributed by atoms with Gasteiger partial charge in [-0.3, -0.25) is 4.79 Å². The van der Waals surface area contributed by atoms with Crippen molar-refractivity contribution >= 4 is 5.91 Å². The second-order valence-corrected chi connectivity index (χ2v) is 7.54. The van der Waals surface area contributed by atoms with Gasteiger partial charge in [0.25, 0.3) is 5.91 Å². The molecule has 1 aromatic heterocycles.